The summed E-state index contributed by atoms with van der Waals surface area (Å²) in [6.45, 7) is 0. The van der Waals surface area contributed by atoms with Crippen molar-refractivity contribution in [2.24, 2.45) is 0 Å². The van der Waals surface area contributed by atoms with Crippen LogP contribution in [0.2, 0.25) is 0 Å². The molecule has 1 aromatic heterocycles. The first-order valence-corrected chi connectivity index (χ1v) is 6.38. The van der Waals surface area contributed by atoms with E-state index in [2.05, 4.69) is 4.98 Å². The summed E-state index contributed by atoms with van der Waals surface area (Å²) in [5, 5.41) is 10.8. The van der Waals surface area contributed by atoms with E-state index < -0.39 is 15.3 Å². The van der Waals surface area contributed by atoms with Gasteiger partial charge in [-0.25, -0.2) is 4.98 Å². The minimum atomic E-state index is -4.67. The Morgan fingerprint density at radius 3 is 2.44 bits per heavy atom. The van der Waals surface area contributed by atoms with Gasteiger partial charge in [0.2, 0.25) is 0 Å². The molecule has 0 aliphatic heterocycles. The zero-order valence-electron chi connectivity index (χ0n) is 8.55. The Bertz CT molecular complexity index is 672. The molecule has 1 heterocycles. The van der Waals surface area contributed by atoms with Crippen LogP contribution >= 0.6 is 11.3 Å². The van der Waals surface area contributed by atoms with Gasteiger partial charge >= 0.3 is 10.4 Å². The van der Waals surface area contributed by atoms with Crippen LogP contribution in [-0.4, -0.2) is 27.4 Å². The number of non-ortho nitro benzene ring substituents is 1. The third kappa shape index (κ3) is 4.58. The van der Waals surface area contributed by atoms with E-state index in [1.54, 1.807) is 6.07 Å². The summed E-state index contributed by atoms with van der Waals surface area (Å²) in [6.07, 6.45) is 0. The summed E-state index contributed by atoms with van der Waals surface area (Å²) >= 11 is 1.25. The van der Waals surface area contributed by atoms with Crippen molar-refractivity contribution in [3.8, 4) is 0 Å². The van der Waals surface area contributed by atoms with Gasteiger partial charge in [-0.3, -0.25) is 19.2 Å². The number of nitrogen functional groups attached to an aromatic ring is 1. The van der Waals surface area contributed by atoms with Crippen LogP contribution in [0.3, 0.4) is 0 Å². The van der Waals surface area contributed by atoms with Gasteiger partial charge in [0, 0.05) is 12.1 Å². The summed E-state index contributed by atoms with van der Waals surface area (Å²) in [6, 6.07) is 4.49. The van der Waals surface area contributed by atoms with E-state index in [1.807, 2.05) is 0 Å². The number of nitro groups is 1. The average Bonchev–Trinajstić information content (AvgIpc) is 2.53. The molecule has 0 unspecified atom stereocenters. The maximum absolute atomic E-state index is 10.4. The van der Waals surface area contributed by atoms with Crippen molar-refractivity contribution < 1.29 is 22.4 Å². The van der Waals surface area contributed by atoms with Crippen LogP contribution in [-0.2, 0) is 10.4 Å². The van der Waals surface area contributed by atoms with Crippen LogP contribution in [0.5, 0.6) is 0 Å². The molecule has 0 atom stereocenters. The maximum Gasteiger partial charge on any atom is 0.394 e. The highest BCUT2D eigenvalue weighted by atomic mass is 32.3. The molecule has 0 amide bonds. The van der Waals surface area contributed by atoms with Gasteiger partial charge in [0.15, 0.2) is 5.13 Å². The molecule has 98 valence electrons. The number of thiazole rings is 1. The van der Waals surface area contributed by atoms with E-state index >= 15 is 0 Å². The largest absolute Gasteiger partial charge is 0.394 e. The Morgan fingerprint density at radius 1 is 1.39 bits per heavy atom. The second-order valence-corrected chi connectivity index (χ2v) is 4.87. The minimum absolute atomic E-state index is 0.0659. The predicted octanol–water partition coefficient (Wildman–Crippen LogP) is 1.13. The van der Waals surface area contributed by atoms with Crippen molar-refractivity contribution >= 4 is 42.8 Å². The lowest BCUT2D eigenvalue weighted by atomic mass is 10.3. The fourth-order valence-corrected chi connectivity index (χ4v) is 1.81. The van der Waals surface area contributed by atoms with Gasteiger partial charge < -0.3 is 5.73 Å². The normalized spacial score (nSPS) is 10.8. The fourth-order valence-electron chi connectivity index (χ4n) is 1.04. The molecule has 0 aliphatic carbocycles. The van der Waals surface area contributed by atoms with Crippen molar-refractivity contribution in [2.75, 3.05) is 5.73 Å². The molecule has 1 aromatic carbocycles. The molecular formula is C7H7N3O6S2. The second kappa shape index (κ2) is 5.22. The Kier molecular flexibility index (Phi) is 4.13. The fraction of sp³-hybridized carbons (Fsp3) is 0. The number of hydrogen-bond donors (Lipinski definition) is 3. The van der Waals surface area contributed by atoms with E-state index in [-0.39, 0.29) is 5.69 Å². The third-order valence-corrected chi connectivity index (χ3v) is 2.45. The van der Waals surface area contributed by atoms with E-state index in [0.29, 0.717) is 10.6 Å². The van der Waals surface area contributed by atoms with Gasteiger partial charge in [-0.15, -0.1) is 0 Å². The quantitative estimate of drug-likeness (QED) is 0.401. The summed E-state index contributed by atoms with van der Waals surface area (Å²) in [4.78, 5) is 14.0. The predicted molar refractivity (Wildman–Crippen MR) is 64.9 cm³/mol. The molecule has 0 radical (unpaired) electrons. The molecule has 9 nitrogen and oxygen atoms in total. The molecular weight excluding hydrogens is 286 g/mol. The van der Waals surface area contributed by atoms with E-state index in [1.165, 1.54) is 23.5 Å². The Morgan fingerprint density at radius 2 is 1.94 bits per heavy atom. The number of nitrogens with zero attached hydrogens (tertiary/aromatic N) is 2. The van der Waals surface area contributed by atoms with Crippen LogP contribution in [0.4, 0.5) is 10.8 Å². The molecule has 4 N–H and O–H groups in total. The Labute approximate surface area is 105 Å². The molecule has 0 spiro atoms. The van der Waals surface area contributed by atoms with Gasteiger partial charge in [-0.1, -0.05) is 11.3 Å². The number of anilines is 1. The Hall–Kier alpha value is -1.82. The highest BCUT2D eigenvalue weighted by Gasteiger charge is 2.08. The first kappa shape index (κ1) is 14.2. The lowest BCUT2D eigenvalue weighted by Gasteiger charge is -1.88. The summed E-state index contributed by atoms with van der Waals surface area (Å²) < 4.78 is 32.3. The first-order chi connectivity index (χ1) is 8.16. The molecule has 18 heavy (non-hydrogen) atoms. The third-order valence-electron chi connectivity index (χ3n) is 1.60. The zero-order valence-corrected chi connectivity index (χ0v) is 10.2. The molecule has 0 saturated carbocycles. The Balaban J connectivity index is 0.000000280. The molecule has 0 bridgehead atoms. The number of nitrogens with two attached hydrogens (primary N) is 1. The van der Waals surface area contributed by atoms with Crippen LogP contribution in [0, 0.1) is 10.1 Å². The van der Waals surface area contributed by atoms with Crippen molar-refractivity contribution in [3.05, 3.63) is 28.3 Å². The summed E-state index contributed by atoms with van der Waals surface area (Å²) in [5.74, 6) is 0. The zero-order chi connectivity index (χ0) is 13.9. The van der Waals surface area contributed by atoms with Crippen LogP contribution < -0.4 is 5.73 Å². The summed E-state index contributed by atoms with van der Waals surface area (Å²) in [5.41, 5.74) is 6.22. The molecule has 0 saturated heterocycles. The van der Waals surface area contributed by atoms with E-state index in [0.717, 1.165) is 4.70 Å². The van der Waals surface area contributed by atoms with Crippen LogP contribution in [0.15, 0.2) is 18.2 Å². The van der Waals surface area contributed by atoms with Gasteiger partial charge in [0.1, 0.15) is 0 Å². The number of aromatic nitrogens is 1. The minimum Gasteiger partial charge on any atom is -0.375 e. The summed E-state index contributed by atoms with van der Waals surface area (Å²) in [7, 11) is -4.67. The topological polar surface area (TPSA) is 157 Å². The standard InChI is InChI=1S/C7H5N3O2S.H2O4S/c8-7-9-5-2-1-4(10(11)12)3-6(5)13-7;1-5(2,3)4/h1-3H,(H2,8,9);(H2,1,2,3,4). The van der Waals surface area contributed by atoms with Gasteiger partial charge in [0.05, 0.1) is 15.1 Å². The van der Waals surface area contributed by atoms with E-state index in [9.17, 15) is 10.1 Å². The van der Waals surface area contributed by atoms with Crippen molar-refractivity contribution in [1.29, 1.82) is 0 Å². The van der Waals surface area contributed by atoms with Crippen LogP contribution in [0.25, 0.3) is 10.2 Å². The van der Waals surface area contributed by atoms with Crippen molar-refractivity contribution in [2.45, 2.75) is 0 Å². The van der Waals surface area contributed by atoms with Gasteiger partial charge in [-0.2, -0.15) is 8.42 Å². The molecule has 2 aromatic rings. The van der Waals surface area contributed by atoms with Crippen molar-refractivity contribution in [3.63, 3.8) is 0 Å². The SMILES string of the molecule is Nc1nc2ccc([N+](=O)[O-])cc2s1.O=S(=O)(O)O. The average molecular weight is 293 g/mol. The maximum atomic E-state index is 10.4. The highest BCUT2D eigenvalue weighted by molar-refractivity contribution is 7.79. The van der Waals surface area contributed by atoms with Crippen LogP contribution in [0.1, 0.15) is 0 Å². The van der Waals surface area contributed by atoms with Gasteiger partial charge in [0.25, 0.3) is 5.69 Å². The van der Waals surface area contributed by atoms with Crippen molar-refractivity contribution in [1.82, 2.24) is 4.98 Å². The number of nitro benzene ring substituents is 1. The lowest BCUT2D eigenvalue weighted by molar-refractivity contribution is -0.384. The molecule has 11 heteroatoms. The number of benzene rings is 1. The monoisotopic (exact) mass is 293 g/mol. The smallest absolute Gasteiger partial charge is 0.375 e. The molecule has 0 fully saturated rings. The van der Waals surface area contributed by atoms with E-state index in [4.69, 9.17) is 23.3 Å². The number of fused-ring (bicyclic) bond motifs is 1. The second-order valence-electron chi connectivity index (χ2n) is 2.91. The van der Waals surface area contributed by atoms with Gasteiger partial charge in [-0.05, 0) is 6.07 Å². The molecule has 0 aliphatic rings. The first-order valence-electron chi connectivity index (χ1n) is 4.17. The molecule has 2 rings (SSSR count). The lowest BCUT2D eigenvalue weighted by Crippen LogP contribution is -1.89. The number of rotatable bonds is 1. The number of hydrogen-bond acceptors (Lipinski definition) is 7. The highest BCUT2D eigenvalue weighted by Crippen LogP contribution is 2.27.